The smallest absolute Gasteiger partial charge is 0.343 e. The molecule has 0 unspecified atom stereocenters. The second-order valence-corrected chi connectivity index (χ2v) is 7.39. The van der Waals surface area contributed by atoms with E-state index in [1.54, 1.807) is 13.8 Å². The molecule has 26 heavy (non-hydrogen) atoms. The molecule has 2 rings (SSSR count). The fourth-order valence-corrected chi connectivity index (χ4v) is 3.41. The number of ether oxygens (including phenoxy) is 1. The van der Waals surface area contributed by atoms with Gasteiger partial charge in [-0.15, -0.1) is 0 Å². The monoisotopic (exact) mass is 378 g/mol. The van der Waals surface area contributed by atoms with E-state index in [2.05, 4.69) is 21.4 Å². The molecule has 0 fully saturated rings. The normalized spacial score (nSPS) is 15.1. The van der Waals surface area contributed by atoms with Gasteiger partial charge in [0.15, 0.2) is 5.16 Å². The van der Waals surface area contributed by atoms with Gasteiger partial charge in [0, 0.05) is 12.7 Å². The molecule has 3 N–H and O–H groups in total. The first kappa shape index (κ1) is 20.2. The maximum Gasteiger partial charge on any atom is 0.343 e. The van der Waals surface area contributed by atoms with E-state index in [-0.39, 0.29) is 29.1 Å². The lowest BCUT2D eigenvalue weighted by Gasteiger charge is -2.14. The van der Waals surface area contributed by atoms with Crippen molar-refractivity contribution in [2.45, 2.75) is 56.4 Å². The zero-order chi connectivity index (χ0) is 18.9. The number of nitrogens with two attached hydrogens (primary N) is 1. The van der Waals surface area contributed by atoms with E-state index in [0.29, 0.717) is 11.7 Å². The summed E-state index contributed by atoms with van der Waals surface area (Å²) in [6.45, 7) is 4.40. The number of rotatable bonds is 8. The second kappa shape index (κ2) is 10.2. The molecule has 1 amide bonds. The topological polar surface area (TPSA) is 107 Å². The number of nitrogens with one attached hydrogen (secondary N) is 1. The zero-order valence-electron chi connectivity index (χ0n) is 15.3. The molecule has 142 valence electrons. The van der Waals surface area contributed by atoms with Crippen LogP contribution in [0.25, 0.3) is 0 Å². The van der Waals surface area contributed by atoms with E-state index >= 15 is 0 Å². The van der Waals surface area contributed by atoms with Crippen LogP contribution in [-0.2, 0) is 9.53 Å². The lowest BCUT2D eigenvalue weighted by molar-refractivity contribution is -0.120. The number of carbonyl (C=O) groups excluding carboxylic acids is 2. The van der Waals surface area contributed by atoms with Crippen LogP contribution in [-0.4, -0.2) is 40.2 Å². The van der Waals surface area contributed by atoms with Crippen molar-refractivity contribution in [1.29, 1.82) is 0 Å². The summed E-state index contributed by atoms with van der Waals surface area (Å²) in [6.07, 6.45) is 9.32. The van der Waals surface area contributed by atoms with Crippen molar-refractivity contribution in [2.24, 2.45) is 0 Å². The summed E-state index contributed by atoms with van der Waals surface area (Å²) in [7, 11) is 0. The Morgan fingerprint density at radius 1 is 1.42 bits per heavy atom. The van der Waals surface area contributed by atoms with Gasteiger partial charge in [0.2, 0.25) is 5.91 Å². The van der Waals surface area contributed by atoms with Crippen molar-refractivity contribution in [3.05, 3.63) is 23.4 Å². The van der Waals surface area contributed by atoms with Gasteiger partial charge in [0.1, 0.15) is 11.4 Å². The number of carbonyl (C=O) groups is 2. The highest BCUT2D eigenvalue weighted by Crippen LogP contribution is 2.22. The molecular weight excluding hydrogens is 352 g/mol. The van der Waals surface area contributed by atoms with Gasteiger partial charge in [0.05, 0.1) is 11.9 Å². The fraction of sp³-hybridized carbons (Fsp3) is 0.556. The number of anilines is 1. The number of hydrogen-bond acceptors (Lipinski definition) is 7. The number of aromatic nitrogens is 2. The van der Waals surface area contributed by atoms with Crippen LogP contribution in [0, 0.1) is 0 Å². The van der Waals surface area contributed by atoms with Crippen LogP contribution in [0.2, 0.25) is 0 Å². The standard InChI is InChI=1S/C18H26N4O3S/c1-3-25-17(24)14-11-21-18(22-15(14)19)26-12(2)16(23)20-10-9-13-7-5-4-6-8-13/h7,11-12H,3-6,8-10H2,1-2H3,(H,20,23)(H2,19,21,22)/t12-/m1/s1. The minimum Gasteiger partial charge on any atom is -0.462 e. The predicted molar refractivity (Wildman–Crippen MR) is 102 cm³/mol. The number of allylic oxidation sites excluding steroid dienone is 1. The summed E-state index contributed by atoms with van der Waals surface area (Å²) >= 11 is 1.20. The van der Waals surface area contributed by atoms with Crippen molar-refractivity contribution in [1.82, 2.24) is 15.3 Å². The molecule has 1 heterocycles. The second-order valence-electron chi connectivity index (χ2n) is 6.08. The Morgan fingerprint density at radius 2 is 2.23 bits per heavy atom. The quantitative estimate of drug-likeness (QED) is 0.310. The third-order valence-corrected chi connectivity index (χ3v) is 5.05. The summed E-state index contributed by atoms with van der Waals surface area (Å²) in [5.41, 5.74) is 7.36. The molecule has 0 aliphatic heterocycles. The Kier molecular flexibility index (Phi) is 7.90. The van der Waals surface area contributed by atoms with Gasteiger partial charge in [-0.1, -0.05) is 23.4 Å². The maximum absolute atomic E-state index is 12.2. The van der Waals surface area contributed by atoms with Crippen LogP contribution >= 0.6 is 11.8 Å². The van der Waals surface area contributed by atoms with E-state index < -0.39 is 5.97 Å². The van der Waals surface area contributed by atoms with Gasteiger partial charge < -0.3 is 15.8 Å². The molecule has 1 aromatic rings. The number of nitrogen functional groups attached to an aromatic ring is 1. The van der Waals surface area contributed by atoms with Crippen LogP contribution in [0.3, 0.4) is 0 Å². The van der Waals surface area contributed by atoms with Crippen LogP contribution in [0.5, 0.6) is 0 Å². The molecule has 0 saturated heterocycles. The number of hydrogen-bond donors (Lipinski definition) is 2. The van der Waals surface area contributed by atoms with E-state index in [1.165, 1.54) is 36.4 Å². The van der Waals surface area contributed by atoms with Gasteiger partial charge in [-0.3, -0.25) is 4.79 Å². The van der Waals surface area contributed by atoms with Crippen LogP contribution < -0.4 is 11.1 Å². The minimum atomic E-state index is -0.552. The first-order chi connectivity index (χ1) is 12.5. The zero-order valence-corrected chi connectivity index (χ0v) is 16.1. The van der Waals surface area contributed by atoms with Crippen LogP contribution in [0.1, 0.15) is 56.3 Å². The summed E-state index contributed by atoms with van der Waals surface area (Å²) in [4.78, 5) is 32.1. The van der Waals surface area contributed by atoms with Crippen LogP contribution in [0.4, 0.5) is 5.82 Å². The number of nitrogens with zero attached hydrogens (tertiary/aromatic N) is 2. The number of thioether (sulfide) groups is 1. The molecule has 7 nitrogen and oxygen atoms in total. The SMILES string of the molecule is CCOC(=O)c1cnc(S[C@H](C)C(=O)NCCC2=CCCCC2)nc1N. The van der Waals surface area contributed by atoms with Crippen molar-refractivity contribution in [2.75, 3.05) is 18.9 Å². The Bertz CT molecular complexity index is 678. The van der Waals surface area contributed by atoms with E-state index in [9.17, 15) is 9.59 Å². The van der Waals surface area contributed by atoms with Gasteiger partial charge in [-0.2, -0.15) is 0 Å². The van der Waals surface area contributed by atoms with E-state index in [4.69, 9.17) is 10.5 Å². The largest absolute Gasteiger partial charge is 0.462 e. The first-order valence-electron chi connectivity index (χ1n) is 8.93. The van der Waals surface area contributed by atoms with Crippen molar-refractivity contribution >= 4 is 29.5 Å². The summed E-state index contributed by atoms with van der Waals surface area (Å²) in [5, 5.41) is 2.95. The fourth-order valence-electron chi connectivity index (χ4n) is 2.63. The van der Waals surface area contributed by atoms with Gasteiger partial charge in [-0.05, 0) is 46.0 Å². The summed E-state index contributed by atoms with van der Waals surface area (Å²) in [6, 6.07) is 0. The van der Waals surface area contributed by atoms with Crippen LogP contribution in [0.15, 0.2) is 23.0 Å². The lowest BCUT2D eigenvalue weighted by Crippen LogP contribution is -2.32. The molecule has 0 radical (unpaired) electrons. The van der Waals surface area contributed by atoms with Gasteiger partial charge >= 0.3 is 5.97 Å². The van der Waals surface area contributed by atoms with Gasteiger partial charge in [0.25, 0.3) is 0 Å². The molecule has 1 aliphatic rings. The average Bonchev–Trinajstić information content (AvgIpc) is 2.62. The Labute approximate surface area is 158 Å². The molecule has 8 heteroatoms. The molecule has 0 saturated carbocycles. The molecule has 0 bridgehead atoms. The Hall–Kier alpha value is -2.09. The Balaban J connectivity index is 1.83. The third kappa shape index (κ3) is 6.01. The highest BCUT2D eigenvalue weighted by Gasteiger charge is 2.18. The molecule has 1 aromatic heterocycles. The highest BCUT2D eigenvalue weighted by atomic mass is 32.2. The molecule has 0 aromatic carbocycles. The maximum atomic E-state index is 12.2. The number of amides is 1. The van der Waals surface area contributed by atoms with Crippen molar-refractivity contribution in [3.63, 3.8) is 0 Å². The average molecular weight is 378 g/mol. The van der Waals surface area contributed by atoms with E-state index in [0.717, 1.165) is 19.3 Å². The molecule has 1 aliphatic carbocycles. The van der Waals surface area contributed by atoms with Crippen molar-refractivity contribution in [3.8, 4) is 0 Å². The first-order valence-corrected chi connectivity index (χ1v) is 9.81. The molecule has 1 atom stereocenters. The highest BCUT2D eigenvalue weighted by molar-refractivity contribution is 8.00. The number of esters is 1. The van der Waals surface area contributed by atoms with Crippen molar-refractivity contribution < 1.29 is 14.3 Å². The third-order valence-electron chi connectivity index (χ3n) is 4.07. The van der Waals surface area contributed by atoms with Gasteiger partial charge in [-0.25, -0.2) is 14.8 Å². The summed E-state index contributed by atoms with van der Waals surface area (Å²) < 4.78 is 4.89. The Morgan fingerprint density at radius 3 is 2.88 bits per heavy atom. The predicted octanol–water partition coefficient (Wildman–Crippen LogP) is 2.72. The minimum absolute atomic E-state index is 0.0535. The lowest BCUT2D eigenvalue weighted by atomic mass is 9.97. The summed E-state index contributed by atoms with van der Waals surface area (Å²) in [5.74, 6) is -0.565. The molecular formula is C18H26N4O3S. The van der Waals surface area contributed by atoms with E-state index in [1.807, 2.05) is 0 Å². The molecule has 0 spiro atoms.